The van der Waals surface area contributed by atoms with Gasteiger partial charge in [-0.25, -0.2) is 0 Å². The summed E-state index contributed by atoms with van der Waals surface area (Å²) >= 11 is 0. The van der Waals surface area contributed by atoms with Crippen molar-refractivity contribution in [3.05, 3.63) is 0 Å². The first kappa shape index (κ1) is 36.4. The summed E-state index contributed by atoms with van der Waals surface area (Å²) in [7, 11) is -5.29. The van der Waals surface area contributed by atoms with Gasteiger partial charge in [-0.15, -0.1) is 0 Å². The number of nitrogens with two attached hydrogens (primary N) is 1. The molecule has 0 fully saturated rings. The molecule has 0 aliphatic heterocycles. The lowest BCUT2D eigenvalue weighted by Gasteiger charge is -2.35. The van der Waals surface area contributed by atoms with Gasteiger partial charge in [0.2, 0.25) is 5.47 Å². The van der Waals surface area contributed by atoms with Gasteiger partial charge in [-0.05, 0) is 18.8 Å². The van der Waals surface area contributed by atoms with Crippen LogP contribution in [-0.4, -0.2) is 67.1 Å². The Morgan fingerprint density at radius 2 is 1.35 bits per heavy atom. The molecule has 0 heterocycles. The third-order valence-corrected chi connectivity index (χ3v) is 8.35. The van der Waals surface area contributed by atoms with Crippen LogP contribution in [0, 0.1) is 11.8 Å². The molecule has 0 aromatic rings. The molecule has 0 radical (unpaired) electrons. The van der Waals surface area contributed by atoms with E-state index in [4.69, 9.17) is 15.6 Å². The summed E-state index contributed by atoms with van der Waals surface area (Å²) in [5, 5.41) is 38.5. The molecule has 0 aromatic carbocycles. The van der Waals surface area contributed by atoms with Crippen molar-refractivity contribution in [2.45, 2.75) is 134 Å². The zero-order valence-corrected chi connectivity index (χ0v) is 23.9. The highest BCUT2D eigenvalue weighted by Crippen LogP contribution is 2.49. The van der Waals surface area contributed by atoms with E-state index in [0.29, 0.717) is 6.42 Å². The summed E-state index contributed by atoms with van der Waals surface area (Å²) < 4.78 is 16.9. The van der Waals surface area contributed by atoms with Crippen LogP contribution in [0.1, 0.15) is 117 Å². The first-order chi connectivity index (χ1) is 17.4. The highest BCUT2D eigenvalue weighted by molar-refractivity contribution is 7.53. The highest BCUT2D eigenvalue weighted by atomic mass is 31.2. The molecule has 0 bridgehead atoms. The lowest BCUT2D eigenvalue weighted by molar-refractivity contribution is -0.149. The molecule has 8 N–H and O–H groups in total. The smallest absolute Gasteiger partial charge is 0.374 e. The number of unbranched alkanes of at least 4 members (excludes halogenated alkanes) is 13. The number of carboxylic acid groups (broad SMARTS) is 1. The Kier molecular flexibility index (Phi) is 20.0. The van der Waals surface area contributed by atoms with Gasteiger partial charge in [-0.2, -0.15) is 0 Å². The minimum absolute atomic E-state index is 0.351. The number of hydrogen-bond donors (Lipinski definition) is 7. The second-order valence-electron chi connectivity index (χ2n) is 10.5. The van der Waals surface area contributed by atoms with Crippen molar-refractivity contribution in [2.75, 3.05) is 13.2 Å². The Balaban J connectivity index is 4.45. The van der Waals surface area contributed by atoms with E-state index in [1.165, 1.54) is 64.2 Å². The minimum Gasteiger partial charge on any atom is -0.481 e. The predicted molar refractivity (Wildman–Crippen MR) is 144 cm³/mol. The number of carbonyl (C=O) groups is 1. The fraction of sp³-hybridized carbons (Fsp3) is 0.962. The second kappa shape index (κ2) is 20.3. The molecular formula is C26H54NO9P. The van der Waals surface area contributed by atoms with Gasteiger partial charge in [0.25, 0.3) is 0 Å². The molecule has 37 heavy (non-hydrogen) atoms. The maximum absolute atomic E-state index is 11.9. The third-order valence-electron chi connectivity index (χ3n) is 7.13. The molecule has 0 amide bonds. The molecule has 0 saturated heterocycles. The van der Waals surface area contributed by atoms with Crippen molar-refractivity contribution in [2.24, 2.45) is 17.6 Å². The zero-order chi connectivity index (χ0) is 28.3. The maximum atomic E-state index is 11.9. The largest absolute Gasteiger partial charge is 0.481 e. The zero-order valence-electron chi connectivity index (χ0n) is 23.0. The number of ether oxygens (including phenoxy) is 1. The van der Waals surface area contributed by atoms with E-state index in [-0.39, 0.29) is 5.92 Å². The summed E-state index contributed by atoms with van der Waals surface area (Å²) in [5.41, 5.74) is 2.34. The van der Waals surface area contributed by atoms with Crippen molar-refractivity contribution in [3.63, 3.8) is 0 Å². The van der Waals surface area contributed by atoms with Gasteiger partial charge in [0.05, 0.1) is 19.1 Å². The summed E-state index contributed by atoms with van der Waals surface area (Å²) in [4.78, 5) is 30.9. The van der Waals surface area contributed by atoms with Gasteiger partial charge < -0.3 is 34.9 Å². The van der Waals surface area contributed by atoms with Gasteiger partial charge in [0.15, 0.2) is 0 Å². The average Bonchev–Trinajstić information content (AvgIpc) is 2.82. The van der Waals surface area contributed by atoms with Crippen LogP contribution in [0.15, 0.2) is 0 Å². The maximum Gasteiger partial charge on any atom is 0.374 e. The highest BCUT2D eigenvalue weighted by Gasteiger charge is 2.51. The SMILES string of the molecule is CCCCCCCCCCCCCCCCC(C)C(CC(OCC(O)CO)C(N)(O)P(=O)(O)O)C(=O)O. The summed E-state index contributed by atoms with van der Waals surface area (Å²) in [6.07, 6.45) is 14.1. The summed E-state index contributed by atoms with van der Waals surface area (Å²) in [6.45, 7) is 2.73. The van der Waals surface area contributed by atoms with Crippen LogP contribution in [0.2, 0.25) is 0 Å². The van der Waals surface area contributed by atoms with Crippen molar-refractivity contribution in [3.8, 4) is 0 Å². The molecule has 0 aromatic heterocycles. The minimum atomic E-state index is -5.29. The standard InChI is InChI=1S/C26H54NO9P/c1-3-4-5-6-7-8-9-10-11-12-13-14-15-16-17-21(2)23(25(30)31)18-24(36-20-22(29)19-28)26(27,32)37(33,34)35/h21-24,28-29,32H,3-20,27H2,1-2H3,(H,30,31)(H2,33,34,35). The number of rotatable bonds is 25. The fourth-order valence-corrected chi connectivity index (χ4v) is 5.06. The molecule has 0 rings (SSSR count). The van der Waals surface area contributed by atoms with Crippen molar-refractivity contribution >= 4 is 13.6 Å². The number of aliphatic carboxylic acids is 1. The van der Waals surface area contributed by atoms with Gasteiger partial charge in [-0.3, -0.25) is 15.1 Å². The van der Waals surface area contributed by atoms with Gasteiger partial charge >= 0.3 is 13.6 Å². The van der Waals surface area contributed by atoms with E-state index < -0.39 is 56.8 Å². The fourth-order valence-electron chi connectivity index (χ4n) is 4.50. The Bertz CT molecular complexity index is 629. The summed E-state index contributed by atoms with van der Waals surface area (Å²) in [6, 6.07) is 0. The molecule has 0 spiro atoms. The quantitative estimate of drug-likeness (QED) is 0.0490. The van der Waals surface area contributed by atoms with Crippen LogP contribution in [-0.2, 0) is 14.1 Å². The first-order valence-electron chi connectivity index (χ1n) is 14.1. The molecule has 0 aliphatic carbocycles. The molecular weight excluding hydrogens is 501 g/mol. The Morgan fingerprint density at radius 3 is 1.73 bits per heavy atom. The average molecular weight is 556 g/mol. The Labute approximate surface area is 223 Å². The van der Waals surface area contributed by atoms with Crippen LogP contribution in [0.25, 0.3) is 0 Å². The summed E-state index contributed by atoms with van der Waals surface area (Å²) in [5.74, 6) is -2.60. The van der Waals surface area contributed by atoms with E-state index in [9.17, 15) is 34.5 Å². The van der Waals surface area contributed by atoms with E-state index in [0.717, 1.165) is 25.7 Å². The molecule has 222 valence electrons. The Morgan fingerprint density at radius 1 is 0.919 bits per heavy atom. The number of carboxylic acids is 1. The lowest BCUT2D eigenvalue weighted by atomic mass is 9.84. The molecule has 11 heteroatoms. The molecule has 0 aliphatic rings. The predicted octanol–water partition coefficient (Wildman–Crippen LogP) is 4.11. The normalized spacial score (nSPS) is 17.2. The van der Waals surface area contributed by atoms with E-state index in [1.807, 2.05) is 0 Å². The topological polar surface area (TPSA) is 191 Å². The van der Waals surface area contributed by atoms with Crippen molar-refractivity contribution in [1.82, 2.24) is 0 Å². The number of aliphatic hydroxyl groups excluding tert-OH is 2. The van der Waals surface area contributed by atoms with Crippen LogP contribution < -0.4 is 5.73 Å². The van der Waals surface area contributed by atoms with Crippen LogP contribution >= 0.6 is 7.60 Å². The van der Waals surface area contributed by atoms with Gasteiger partial charge in [0, 0.05) is 0 Å². The van der Waals surface area contributed by atoms with E-state index in [1.54, 1.807) is 6.92 Å². The lowest BCUT2D eigenvalue weighted by Crippen LogP contribution is -2.53. The Hall–Kier alpha value is -0.580. The first-order valence-corrected chi connectivity index (χ1v) is 15.7. The van der Waals surface area contributed by atoms with Crippen molar-refractivity contribution < 1.29 is 44.3 Å². The molecule has 5 unspecified atom stereocenters. The van der Waals surface area contributed by atoms with Crippen LogP contribution in [0.4, 0.5) is 0 Å². The molecule has 10 nitrogen and oxygen atoms in total. The van der Waals surface area contributed by atoms with Crippen LogP contribution in [0.3, 0.4) is 0 Å². The molecule has 5 atom stereocenters. The van der Waals surface area contributed by atoms with E-state index >= 15 is 0 Å². The van der Waals surface area contributed by atoms with Crippen LogP contribution in [0.5, 0.6) is 0 Å². The number of aliphatic hydroxyl groups is 3. The van der Waals surface area contributed by atoms with E-state index in [2.05, 4.69) is 6.92 Å². The number of hydrogen-bond acceptors (Lipinski definition) is 7. The molecule has 0 saturated carbocycles. The monoisotopic (exact) mass is 555 g/mol. The third kappa shape index (κ3) is 16.2. The second-order valence-corrected chi connectivity index (χ2v) is 12.3. The van der Waals surface area contributed by atoms with Gasteiger partial charge in [0.1, 0.15) is 12.2 Å². The van der Waals surface area contributed by atoms with Gasteiger partial charge in [-0.1, -0.05) is 104 Å². The van der Waals surface area contributed by atoms with Crippen molar-refractivity contribution in [1.29, 1.82) is 0 Å².